The van der Waals surface area contributed by atoms with E-state index in [1.807, 2.05) is 65.0 Å². The molecular formula is C19H29NO3. The van der Waals surface area contributed by atoms with Crippen molar-refractivity contribution >= 4 is 11.9 Å². The van der Waals surface area contributed by atoms with Crippen LogP contribution in [0.25, 0.3) is 0 Å². The molecule has 0 saturated heterocycles. The van der Waals surface area contributed by atoms with Crippen molar-refractivity contribution in [1.29, 1.82) is 0 Å². The molecule has 0 aliphatic heterocycles. The van der Waals surface area contributed by atoms with E-state index in [0.717, 1.165) is 12.0 Å². The molecule has 1 aromatic carbocycles. The molecule has 0 saturated carbocycles. The molecule has 4 nitrogen and oxygen atoms in total. The highest BCUT2D eigenvalue weighted by Gasteiger charge is 2.24. The van der Waals surface area contributed by atoms with Crippen LogP contribution in [0.15, 0.2) is 30.3 Å². The first-order valence-electron chi connectivity index (χ1n) is 8.20. The third kappa shape index (κ3) is 7.31. The summed E-state index contributed by atoms with van der Waals surface area (Å²) in [5.74, 6) is 0.133. The Morgan fingerprint density at radius 1 is 1.09 bits per heavy atom. The zero-order valence-electron chi connectivity index (χ0n) is 14.9. The number of ether oxygens (including phenoxy) is 1. The van der Waals surface area contributed by atoms with Crippen molar-refractivity contribution in [3.05, 3.63) is 35.9 Å². The van der Waals surface area contributed by atoms with Crippen molar-refractivity contribution < 1.29 is 14.3 Å². The van der Waals surface area contributed by atoms with Crippen LogP contribution in [-0.4, -0.2) is 24.0 Å². The second-order valence-corrected chi connectivity index (χ2v) is 7.31. The van der Waals surface area contributed by atoms with E-state index in [2.05, 4.69) is 5.32 Å². The van der Waals surface area contributed by atoms with E-state index in [0.29, 0.717) is 19.4 Å². The van der Waals surface area contributed by atoms with Crippen molar-refractivity contribution in [2.75, 3.05) is 6.54 Å². The van der Waals surface area contributed by atoms with Crippen LogP contribution in [0.4, 0.5) is 4.79 Å². The number of amides is 1. The van der Waals surface area contributed by atoms with Gasteiger partial charge in [-0.25, -0.2) is 4.79 Å². The summed E-state index contributed by atoms with van der Waals surface area (Å²) < 4.78 is 5.36. The third-order valence-corrected chi connectivity index (χ3v) is 4.06. The lowest BCUT2D eigenvalue weighted by Gasteiger charge is -2.27. The molecule has 1 amide bonds. The fourth-order valence-electron chi connectivity index (χ4n) is 1.98. The van der Waals surface area contributed by atoms with Gasteiger partial charge in [0.05, 0.1) is 0 Å². The summed E-state index contributed by atoms with van der Waals surface area (Å²) in [6.07, 6.45) is 1.53. The van der Waals surface area contributed by atoms with Gasteiger partial charge in [-0.3, -0.25) is 4.79 Å². The van der Waals surface area contributed by atoms with Crippen molar-refractivity contribution in [2.45, 2.75) is 59.5 Å². The number of hydrogen-bond donors (Lipinski definition) is 1. The maximum absolute atomic E-state index is 12.1. The summed E-state index contributed by atoms with van der Waals surface area (Å²) in [5, 5.41) is 2.80. The molecule has 0 radical (unpaired) electrons. The van der Waals surface area contributed by atoms with Gasteiger partial charge in [-0.05, 0) is 32.1 Å². The first kappa shape index (κ1) is 19.2. The van der Waals surface area contributed by atoms with E-state index in [1.165, 1.54) is 0 Å². The molecule has 0 atom stereocenters. The number of Topliss-reactive ketones (excluding diaryl/α,β-unsaturated/α-hetero) is 1. The Hall–Kier alpha value is -1.84. The second kappa shape index (κ2) is 8.14. The summed E-state index contributed by atoms with van der Waals surface area (Å²) in [6.45, 7) is 10.3. The second-order valence-electron chi connectivity index (χ2n) is 7.31. The van der Waals surface area contributed by atoms with Gasteiger partial charge < -0.3 is 10.1 Å². The van der Waals surface area contributed by atoms with Crippen LogP contribution in [0, 0.1) is 5.41 Å². The SMILES string of the molecule is CCC(C)(C)OC(=O)NCC(C)(C)CCC(=O)c1ccccc1. The minimum atomic E-state index is -0.461. The first-order chi connectivity index (χ1) is 10.7. The molecule has 0 heterocycles. The molecule has 0 unspecified atom stereocenters. The molecule has 0 aliphatic carbocycles. The number of nitrogens with one attached hydrogen (secondary N) is 1. The van der Waals surface area contributed by atoms with Gasteiger partial charge in [0.2, 0.25) is 0 Å². The topological polar surface area (TPSA) is 55.4 Å². The molecule has 1 aromatic rings. The highest BCUT2D eigenvalue weighted by molar-refractivity contribution is 5.95. The molecule has 4 heteroatoms. The maximum atomic E-state index is 12.1. The van der Waals surface area contributed by atoms with Gasteiger partial charge in [-0.2, -0.15) is 0 Å². The highest BCUT2D eigenvalue weighted by atomic mass is 16.6. The average Bonchev–Trinajstić information content (AvgIpc) is 2.51. The van der Waals surface area contributed by atoms with Crippen LogP contribution >= 0.6 is 0 Å². The van der Waals surface area contributed by atoms with Crippen LogP contribution in [-0.2, 0) is 4.74 Å². The minimum absolute atomic E-state index is 0.133. The summed E-state index contributed by atoms with van der Waals surface area (Å²) in [4.78, 5) is 24.0. The lowest BCUT2D eigenvalue weighted by molar-refractivity contribution is 0.0344. The molecule has 0 aromatic heterocycles. The summed E-state index contributed by atoms with van der Waals surface area (Å²) in [6, 6.07) is 9.29. The zero-order valence-corrected chi connectivity index (χ0v) is 14.9. The molecule has 0 spiro atoms. The third-order valence-electron chi connectivity index (χ3n) is 4.06. The number of hydrogen-bond acceptors (Lipinski definition) is 3. The monoisotopic (exact) mass is 319 g/mol. The van der Waals surface area contributed by atoms with E-state index < -0.39 is 11.7 Å². The van der Waals surface area contributed by atoms with Crippen molar-refractivity contribution in [1.82, 2.24) is 5.32 Å². The van der Waals surface area contributed by atoms with Gasteiger partial charge in [0, 0.05) is 18.5 Å². The smallest absolute Gasteiger partial charge is 0.407 e. The van der Waals surface area contributed by atoms with E-state index in [-0.39, 0.29) is 11.2 Å². The maximum Gasteiger partial charge on any atom is 0.407 e. The first-order valence-corrected chi connectivity index (χ1v) is 8.20. The number of benzene rings is 1. The Morgan fingerprint density at radius 3 is 2.26 bits per heavy atom. The number of alkyl carbamates (subject to hydrolysis) is 1. The minimum Gasteiger partial charge on any atom is -0.444 e. The Balaban J connectivity index is 2.41. The Bertz CT molecular complexity index is 521. The molecule has 0 aliphatic rings. The number of rotatable bonds is 8. The summed E-state index contributed by atoms with van der Waals surface area (Å²) >= 11 is 0. The van der Waals surface area contributed by atoms with Gasteiger partial charge in [0.25, 0.3) is 0 Å². The molecule has 1 N–H and O–H groups in total. The standard InChI is InChI=1S/C19H29NO3/c1-6-19(4,5)23-17(22)20-14-18(2,3)13-12-16(21)15-10-8-7-9-11-15/h7-11H,6,12-14H2,1-5H3,(H,20,22). The van der Waals surface area contributed by atoms with Gasteiger partial charge >= 0.3 is 6.09 Å². The van der Waals surface area contributed by atoms with Gasteiger partial charge in [0.1, 0.15) is 5.60 Å². The highest BCUT2D eigenvalue weighted by Crippen LogP contribution is 2.23. The van der Waals surface area contributed by atoms with Gasteiger partial charge in [0.15, 0.2) is 5.78 Å². The van der Waals surface area contributed by atoms with E-state index in [4.69, 9.17) is 4.74 Å². The quantitative estimate of drug-likeness (QED) is 0.713. The van der Waals surface area contributed by atoms with E-state index in [9.17, 15) is 9.59 Å². The summed E-state index contributed by atoms with van der Waals surface area (Å²) in [5.41, 5.74) is 0.109. The molecule has 1 rings (SSSR count). The predicted molar refractivity (Wildman–Crippen MR) is 92.6 cm³/mol. The fraction of sp³-hybridized carbons (Fsp3) is 0.579. The molecule has 0 fully saturated rings. The van der Waals surface area contributed by atoms with Crippen LogP contribution in [0.5, 0.6) is 0 Å². The van der Waals surface area contributed by atoms with Crippen molar-refractivity contribution in [3.63, 3.8) is 0 Å². The lowest BCUT2D eigenvalue weighted by atomic mass is 9.86. The van der Waals surface area contributed by atoms with Gasteiger partial charge in [-0.15, -0.1) is 0 Å². The largest absolute Gasteiger partial charge is 0.444 e. The Labute approximate surface area is 139 Å². The summed E-state index contributed by atoms with van der Waals surface area (Å²) in [7, 11) is 0. The van der Waals surface area contributed by atoms with Gasteiger partial charge in [-0.1, -0.05) is 51.1 Å². The Kier molecular flexibility index (Phi) is 6.79. The number of carbonyl (C=O) groups is 2. The normalized spacial score (nSPS) is 11.9. The van der Waals surface area contributed by atoms with Crippen LogP contribution in [0.1, 0.15) is 64.2 Å². The van der Waals surface area contributed by atoms with Crippen molar-refractivity contribution in [3.8, 4) is 0 Å². The number of carbonyl (C=O) groups excluding carboxylic acids is 2. The van der Waals surface area contributed by atoms with E-state index >= 15 is 0 Å². The van der Waals surface area contributed by atoms with Crippen molar-refractivity contribution in [2.24, 2.45) is 5.41 Å². The van der Waals surface area contributed by atoms with Crippen LogP contribution in [0.3, 0.4) is 0 Å². The van der Waals surface area contributed by atoms with E-state index in [1.54, 1.807) is 0 Å². The molecule has 23 heavy (non-hydrogen) atoms. The van der Waals surface area contributed by atoms with Crippen LogP contribution < -0.4 is 5.32 Å². The Morgan fingerprint density at radius 2 is 1.70 bits per heavy atom. The molecule has 0 bridgehead atoms. The predicted octanol–water partition coefficient (Wildman–Crippen LogP) is 4.59. The van der Waals surface area contributed by atoms with Crippen LogP contribution in [0.2, 0.25) is 0 Å². The fourth-order valence-corrected chi connectivity index (χ4v) is 1.98. The average molecular weight is 319 g/mol. The molecule has 128 valence electrons. The number of ketones is 1. The lowest BCUT2D eigenvalue weighted by Crippen LogP contribution is -2.39. The zero-order chi connectivity index (χ0) is 17.5. The molecular weight excluding hydrogens is 290 g/mol.